The van der Waals surface area contributed by atoms with Crippen LogP contribution in [0.3, 0.4) is 0 Å². The third-order valence-electron chi connectivity index (χ3n) is 8.59. The first-order chi connectivity index (χ1) is 12.5. The second-order valence-electron chi connectivity index (χ2n) is 9.88. The highest BCUT2D eigenvalue weighted by Crippen LogP contribution is 2.70. The number of aliphatic hydroxyl groups is 1. The van der Waals surface area contributed by atoms with Gasteiger partial charge in [0.15, 0.2) is 0 Å². The molecule has 1 N–H and O–H groups in total. The van der Waals surface area contributed by atoms with E-state index < -0.39 is 0 Å². The second kappa shape index (κ2) is 5.92. The van der Waals surface area contributed by atoms with E-state index >= 15 is 0 Å². The monoisotopic (exact) mass is 363 g/mol. The number of carbonyl (C=O) groups excluding carboxylic acids is 1. The number of nitrogens with zero attached hydrogens (tertiary/aromatic N) is 1. The number of epoxide rings is 1. The van der Waals surface area contributed by atoms with Crippen LogP contribution in [0.1, 0.15) is 58.8 Å². The standard InChI is InChI=1S/C21H33NO4/c1-13-6-5-8-20(2)10-16-17(18-21(13,20)26-18)15(19(24)25-16)11-22-9-4-3-7-14(22)12-23/h13-18,23H,3-12H2,1-2H3/t13-,14-,15+,16+,17+,18-,20+,21-/m0/s1. The predicted octanol–water partition coefficient (Wildman–Crippen LogP) is 2.36. The van der Waals surface area contributed by atoms with Crippen LogP contribution in [0.2, 0.25) is 0 Å². The van der Waals surface area contributed by atoms with Crippen molar-refractivity contribution < 1.29 is 19.4 Å². The van der Waals surface area contributed by atoms with Gasteiger partial charge in [-0.1, -0.05) is 26.7 Å². The summed E-state index contributed by atoms with van der Waals surface area (Å²) in [6.07, 6.45) is 8.24. The fourth-order valence-electron chi connectivity index (χ4n) is 7.20. The Bertz CT molecular complexity index is 597. The molecule has 2 saturated carbocycles. The number of ether oxygens (including phenoxy) is 2. The minimum absolute atomic E-state index is 0.0169. The number of hydrogen-bond donors (Lipinski definition) is 1. The molecule has 146 valence electrons. The molecule has 0 aromatic rings. The van der Waals surface area contributed by atoms with Crippen LogP contribution in [0, 0.1) is 23.2 Å². The first-order valence-electron chi connectivity index (χ1n) is 10.7. The summed E-state index contributed by atoms with van der Waals surface area (Å²) in [6.45, 7) is 6.61. The molecule has 0 bridgehead atoms. The fraction of sp³-hybridized carbons (Fsp3) is 0.952. The highest BCUT2D eigenvalue weighted by molar-refractivity contribution is 5.76. The summed E-state index contributed by atoms with van der Waals surface area (Å²) in [4.78, 5) is 15.1. The van der Waals surface area contributed by atoms with Crippen LogP contribution in [-0.4, -0.2) is 59.5 Å². The summed E-state index contributed by atoms with van der Waals surface area (Å²) >= 11 is 0. The maximum atomic E-state index is 12.8. The van der Waals surface area contributed by atoms with Gasteiger partial charge in [0, 0.05) is 23.9 Å². The Morgan fingerprint density at radius 2 is 2.12 bits per heavy atom. The van der Waals surface area contributed by atoms with Crippen molar-refractivity contribution in [3.63, 3.8) is 0 Å². The van der Waals surface area contributed by atoms with Crippen molar-refractivity contribution in [3.8, 4) is 0 Å². The van der Waals surface area contributed by atoms with Crippen molar-refractivity contribution in [1.82, 2.24) is 4.90 Å². The van der Waals surface area contributed by atoms with Crippen molar-refractivity contribution in [2.45, 2.75) is 82.6 Å². The SMILES string of the molecule is C[C@H]1CCC[C@]2(C)C[C@H]3OC(=O)[C@H](CN4CCCC[C@H]4CO)[C@H]3[C@@H]3O[C@@]132. The van der Waals surface area contributed by atoms with Gasteiger partial charge in [-0.05, 0) is 44.6 Å². The summed E-state index contributed by atoms with van der Waals surface area (Å²) in [5.74, 6) is 0.666. The van der Waals surface area contributed by atoms with Gasteiger partial charge in [0.25, 0.3) is 0 Å². The zero-order valence-electron chi connectivity index (χ0n) is 16.2. The number of piperidine rings is 1. The topological polar surface area (TPSA) is 62.3 Å². The van der Waals surface area contributed by atoms with Crippen LogP contribution in [0.4, 0.5) is 0 Å². The van der Waals surface area contributed by atoms with Crippen LogP contribution in [0.25, 0.3) is 0 Å². The summed E-state index contributed by atoms with van der Waals surface area (Å²) in [5.41, 5.74) is 0.140. The van der Waals surface area contributed by atoms with E-state index in [4.69, 9.17) is 9.47 Å². The zero-order chi connectivity index (χ0) is 18.1. The molecule has 3 heterocycles. The van der Waals surface area contributed by atoms with Crippen LogP contribution < -0.4 is 0 Å². The molecular weight excluding hydrogens is 330 g/mol. The van der Waals surface area contributed by atoms with Crippen molar-refractivity contribution in [1.29, 1.82) is 0 Å². The molecule has 8 atom stereocenters. The van der Waals surface area contributed by atoms with E-state index in [9.17, 15) is 9.90 Å². The molecule has 0 amide bonds. The zero-order valence-corrected chi connectivity index (χ0v) is 16.2. The van der Waals surface area contributed by atoms with Crippen LogP contribution >= 0.6 is 0 Å². The number of rotatable bonds is 3. The largest absolute Gasteiger partial charge is 0.462 e. The first-order valence-corrected chi connectivity index (χ1v) is 10.7. The number of aliphatic hydroxyl groups excluding tert-OH is 1. The van der Waals surface area contributed by atoms with E-state index in [1.165, 1.54) is 25.7 Å². The minimum Gasteiger partial charge on any atom is -0.462 e. The van der Waals surface area contributed by atoms with Crippen molar-refractivity contribution in [3.05, 3.63) is 0 Å². The molecule has 5 rings (SSSR count). The third-order valence-corrected chi connectivity index (χ3v) is 8.59. The number of fused-ring (bicyclic) bond motifs is 2. The maximum Gasteiger partial charge on any atom is 0.311 e. The Balaban J connectivity index is 1.39. The molecular formula is C21H33NO4. The van der Waals surface area contributed by atoms with Gasteiger partial charge in [-0.2, -0.15) is 0 Å². The summed E-state index contributed by atoms with van der Waals surface area (Å²) in [6, 6.07) is 0.201. The molecule has 0 aromatic heterocycles. The minimum atomic E-state index is -0.0878. The molecule has 5 heteroatoms. The first kappa shape index (κ1) is 17.4. The number of likely N-dealkylation sites (tertiary alicyclic amines) is 1. The van der Waals surface area contributed by atoms with E-state index in [-0.39, 0.29) is 53.7 Å². The van der Waals surface area contributed by atoms with Crippen molar-refractivity contribution in [2.24, 2.45) is 23.2 Å². The Hall–Kier alpha value is -0.650. The quantitative estimate of drug-likeness (QED) is 0.616. The van der Waals surface area contributed by atoms with Gasteiger partial charge in [0.05, 0.1) is 18.6 Å². The summed E-state index contributed by atoms with van der Waals surface area (Å²) < 4.78 is 12.4. The van der Waals surface area contributed by atoms with Gasteiger partial charge in [-0.25, -0.2) is 0 Å². The molecule has 2 aliphatic carbocycles. The summed E-state index contributed by atoms with van der Waals surface area (Å²) in [5, 5.41) is 9.73. The lowest BCUT2D eigenvalue weighted by Gasteiger charge is -2.49. The Kier molecular flexibility index (Phi) is 3.97. The average Bonchev–Trinajstić information content (AvgIpc) is 3.30. The molecule has 1 spiro atoms. The van der Waals surface area contributed by atoms with Gasteiger partial charge in [0.2, 0.25) is 0 Å². The molecule has 0 unspecified atom stereocenters. The van der Waals surface area contributed by atoms with Gasteiger partial charge in [0.1, 0.15) is 11.7 Å². The van der Waals surface area contributed by atoms with E-state index in [0.29, 0.717) is 5.92 Å². The third kappa shape index (κ3) is 2.23. The van der Waals surface area contributed by atoms with Gasteiger partial charge < -0.3 is 14.6 Å². The number of esters is 1. The highest BCUT2D eigenvalue weighted by atomic mass is 16.6. The lowest BCUT2D eigenvalue weighted by atomic mass is 9.53. The van der Waals surface area contributed by atoms with Crippen LogP contribution in [-0.2, 0) is 14.3 Å². The van der Waals surface area contributed by atoms with Gasteiger partial charge >= 0.3 is 5.97 Å². The van der Waals surface area contributed by atoms with Gasteiger partial charge in [-0.15, -0.1) is 0 Å². The Morgan fingerprint density at radius 3 is 2.92 bits per heavy atom. The molecule has 0 aromatic carbocycles. The van der Waals surface area contributed by atoms with E-state index in [1.807, 2.05) is 0 Å². The van der Waals surface area contributed by atoms with Crippen molar-refractivity contribution in [2.75, 3.05) is 19.7 Å². The predicted molar refractivity (Wildman–Crippen MR) is 96.5 cm³/mol. The smallest absolute Gasteiger partial charge is 0.311 e. The summed E-state index contributed by atoms with van der Waals surface area (Å²) in [7, 11) is 0. The van der Waals surface area contributed by atoms with Crippen LogP contribution in [0.5, 0.6) is 0 Å². The molecule has 5 nitrogen and oxygen atoms in total. The van der Waals surface area contributed by atoms with E-state index in [0.717, 1.165) is 32.4 Å². The fourth-order valence-corrected chi connectivity index (χ4v) is 7.20. The highest BCUT2D eigenvalue weighted by Gasteiger charge is 2.78. The molecule has 0 radical (unpaired) electrons. The normalized spacial score (nSPS) is 53.4. The molecule has 5 aliphatic rings. The Morgan fingerprint density at radius 1 is 1.27 bits per heavy atom. The second-order valence-corrected chi connectivity index (χ2v) is 9.88. The molecule has 3 aliphatic heterocycles. The molecule has 3 saturated heterocycles. The number of hydrogen-bond acceptors (Lipinski definition) is 5. The Labute approximate surface area is 156 Å². The average molecular weight is 363 g/mol. The lowest BCUT2D eigenvalue weighted by Crippen LogP contribution is -2.55. The van der Waals surface area contributed by atoms with E-state index in [1.54, 1.807) is 0 Å². The van der Waals surface area contributed by atoms with E-state index in [2.05, 4.69) is 18.7 Å². The number of carbonyl (C=O) groups is 1. The molecule has 5 fully saturated rings. The van der Waals surface area contributed by atoms with Crippen LogP contribution in [0.15, 0.2) is 0 Å². The molecule has 26 heavy (non-hydrogen) atoms. The van der Waals surface area contributed by atoms with Crippen molar-refractivity contribution >= 4 is 5.97 Å². The maximum absolute atomic E-state index is 12.8. The van der Waals surface area contributed by atoms with Gasteiger partial charge in [-0.3, -0.25) is 9.69 Å². The lowest BCUT2D eigenvalue weighted by molar-refractivity contribution is -0.147.